The molecule has 1 saturated heterocycles. The number of ether oxygens (including phenoxy) is 1. The molecular weight excluding hydrogens is 288 g/mol. The zero-order valence-corrected chi connectivity index (χ0v) is 13.8. The van der Waals surface area contributed by atoms with Crippen LogP contribution in [0.25, 0.3) is 0 Å². The van der Waals surface area contributed by atoms with Crippen LogP contribution < -0.4 is 10.1 Å². The van der Waals surface area contributed by atoms with Crippen molar-refractivity contribution in [2.24, 2.45) is 5.92 Å². The van der Waals surface area contributed by atoms with E-state index in [9.17, 15) is 0 Å². The number of hydrogen-bond donors (Lipinski definition) is 2. The van der Waals surface area contributed by atoms with Gasteiger partial charge in [0.05, 0.1) is 0 Å². The van der Waals surface area contributed by atoms with E-state index in [-0.39, 0.29) is 6.61 Å². The Labute approximate surface area is 139 Å². The van der Waals surface area contributed by atoms with Crippen LogP contribution in [0, 0.1) is 5.92 Å². The predicted octanol–water partition coefficient (Wildman–Crippen LogP) is 2.19. The van der Waals surface area contributed by atoms with Crippen LogP contribution in [0.5, 0.6) is 5.75 Å². The Hall–Kier alpha value is -1.36. The van der Waals surface area contributed by atoms with Crippen molar-refractivity contribution in [3.8, 4) is 5.75 Å². The molecule has 1 fully saturated rings. The van der Waals surface area contributed by atoms with Crippen molar-refractivity contribution < 1.29 is 9.84 Å². The van der Waals surface area contributed by atoms with Crippen LogP contribution in [0.15, 0.2) is 36.4 Å². The molecular formula is C19H28N2O2. The molecule has 0 amide bonds. The molecule has 126 valence electrons. The molecule has 4 nitrogen and oxygen atoms in total. The Morgan fingerprint density at radius 1 is 1.13 bits per heavy atom. The SMILES string of the molecule is OC[C@H]1C=C[C@@H](NCc2ccc(OCCN3CCCC3)cc2)C1. The fraction of sp³-hybridized carbons (Fsp3) is 0.579. The Kier molecular flexibility index (Phi) is 6.08. The molecule has 2 N–H and O–H groups in total. The number of aliphatic hydroxyl groups excluding tert-OH is 1. The Balaban J connectivity index is 1.36. The highest BCUT2D eigenvalue weighted by molar-refractivity contribution is 5.27. The molecule has 1 aliphatic carbocycles. The van der Waals surface area contributed by atoms with E-state index in [4.69, 9.17) is 9.84 Å². The first kappa shape index (κ1) is 16.5. The molecule has 0 unspecified atom stereocenters. The minimum atomic E-state index is 0.248. The number of hydrogen-bond acceptors (Lipinski definition) is 4. The van der Waals surface area contributed by atoms with Gasteiger partial charge in [-0.3, -0.25) is 4.90 Å². The molecule has 1 aliphatic heterocycles. The highest BCUT2D eigenvalue weighted by atomic mass is 16.5. The second-order valence-corrected chi connectivity index (χ2v) is 6.59. The maximum Gasteiger partial charge on any atom is 0.119 e. The summed E-state index contributed by atoms with van der Waals surface area (Å²) < 4.78 is 5.83. The monoisotopic (exact) mass is 316 g/mol. The summed E-state index contributed by atoms with van der Waals surface area (Å²) in [6, 6.07) is 8.74. The molecule has 0 aromatic heterocycles. The van der Waals surface area contributed by atoms with Crippen LogP contribution in [-0.2, 0) is 6.54 Å². The van der Waals surface area contributed by atoms with Crippen molar-refractivity contribution in [2.45, 2.75) is 31.8 Å². The van der Waals surface area contributed by atoms with Gasteiger partial charge < -0.3 is 15.2 Å². The lowest BCUT2D eigenvalue weighted by molar-refractivity contribution is 0.237. The number of rotatable bonds is 8. The van der Waals surface area contributed by atoms with Crippen molar-refractivity contribution in [3.05, 3.63) is 42.0 Å². The van der Waals surface area contributed by atoms with E-state index in [1.54, 1.807) is 0 Å². The van der Waals surface area contributed by atoms with Crippen molar-refractivity contribution in [1.82, 2.24) is 10.2 Å². The molecule has 0 bridgehead atoms. The number of nitrogens with zero attached hydrogens (tertiary/aromatic N) is 1. The van der Waals surface area contributed by atoms with Gasteiger partial charge in [0.15, 0.2) is 0 Å². The van der Waals surface area contributed by atoms with Crippen molar-refractivity contribution in [1.29, 1.82) is 0 Å². The maximum absolute atomic E-state index is 9.14. The zero-order valence-electron chi connectivity index (χ0n) is 13.8. The minimum absolute atomic E-state index is 0.248. The average molecular weight is 316 g/mol. The summed E-state index contributed by atoms with van der Waals surface area (Å²) in [6.45, 7) is 5.34. The van der Waals surface area contributed by atoms with Gasteiger partial charge in [-0.25, -0.2) is 0 Å². The van der Waals surface area contributed by atoms with E-state index >= 15 is 0 Å². The number of aliphatic hydroxyl groups is 1. The van der Waals surface area contributed by atoms with Gasteiger partial charge >= 0.3 is 0 Å². The molecule has 0 radical (unpaired) electrons. The third-order valence-electron chi connectivity index (χ3n) is 4.77. The van der Waals surface area contributed by atoms with Crippen molar-refractivity contribution >= 4 is 0 Å². The first-order valence-corrected chi connectivity index (χ1v) is 8.80. The third kappa shape index (κ3) is 5.06. The van der Waals surface area contributed by atoms with E-state index in [1.807, 2.05) is 0 Å². The molecule has 3 rings (SSSR count). The number of benzene rings is 1. The van der Waals surface area contributed by atoms with Gasteiger partial charge in [-0.05, 0) is 50.0 Å². The molecule has 1 aromatic rings. The van der Waals surface area contributed by atoms with E-state index in [0.29, 0.717) is 12.0 Å². The van der Waals surface area contributed by atoms with Crippen LogP contribution in [-0.4, -0.2) is 48.9 Å². The number of nitrogens with one attached hydrogen (secondary N) is 1. The summed E-state index contributed by atoms with van der Waals surface area (Å²) in [7, 11) is 0. The van der Waals surface area contributed by atoms with Crippen molar-refractivity contribution in [3.63, 3.8) is 0 Å². The average Bonchev–Trinajstić information content (AvgIpc) is 3.25. The quantitative estimate of drug-likeness (QED) is 0.722. The molecule has 2 aliphatic rings. The lowest BCUT2D eigenvalue weighted by atomic mass is 10.1. The second kappa shape index (κ2) is 8.48. The molecule has 1 heterocycles. The van der Waals surface area contributed by atoms with E-state index in [0.717, 1.165) is 31.9 Å². The second-order valence-electron chi connectivity index (χ2n) is 6.59. The standard InChI is InChI=1S/C19H28N2O2/c22-15-17-3-6-18(13-17)20-14-16-4-7-19(8-5-16)23-12-11-21-9-1-2-10-21/h3-8,17-18,20,22H,1-2,9-15H2/t17-,18+/m0/s1. The molecule has 0 saturated carbocycles. The lowest BCUT2D eigenvalue weighted by Gasteiger charge is -2.15. The third-order valence-corrected chi connectivity index (χ3v) is 4.77. The highest BCUT2D eigenvalue weighted by Crippen LogP contribution is 2.18. The van der Waals surface area contributed by atoms with Gasteiger partial charge in [0, 0.05) is 31.7 Å². The molecule has 2 atom stereocenters. The van der Waals surface area contributed by atoms with Crippen LogP contribution >= 0.6 is 0 Å². The normalized spacial score (nSPS) is 24.4. The Morgan fingerprint density at radius 2 is 1.91 bits per heavy atom. The summed E-state index contributed by atoms with van der Waals surface area (Å²) in [5.41, 5.74) is 1.26. The van der Waals surface area contributed by atoms with Gasteiger partial charge in [0.25, 0.3) is 0 Å². The minimum Gasteiger partial charge on any atom is -0.492 e. The lowest BCUT2D eigenvalue weighted by Crippen LogP contribution is -2.26. The van der Waals surface area contributed by atoms with E-state index in [1.165, 1.54) is 31.5 Å². The Morgan fingerprint density at radius 3 is 2.61 bits per heavy atom. The molecule has 1 aromatic carbocycles. The fourth-order valence-electron chi connectivity index (χ4n) is 3.31. The van der Waals surface area contributed by atoms with Gasteiger partial charge in [-0.2, -0.15) is 0 Å². The van der Waals surface area contributed by atoms with Crippen LogP contribution in [0.2, 0.25) is 0 Å². The topological polar surface area (TPSA) is 44.7 Å². The predicted molar refractivity (Wildman–Crippen MR) is 92.6 cm³/mol. The van der Waals surface area contributed by atoms with Crippen LogP contribution in [0.3, 0.4) is 0 Å². The van der Waals surface area contributed by atoms with Crippen molar-refractivity contribution in [2.75, 3.05) is 32.8 Å². The van der Waals surface area contributed by atoms with Crippen LogP contribution in [0.4, 0.5) is 0 Å². The van der Waals surface area contributed by atoms with E-state index in [2.05, 4.69) is 46.6 Å². The summed E-state index contributed by atoms with van der Waals surface area (Å²) in [6.07, 6.45) is 7.92. The maximum atomic E-state index is 9.14. The fourth-order valence-corrected chi connectivity index (χ4v) is 3.31. The molecule has 0 spiro atoms. The summed E-state index contributed by atoms with van der Waals surface area (Å²) in [5, 5.41) is 12.7. The summed E-state index contributed by atoms with van der Waals surface area (Å²) in [4.78, 5) is 2.47. The van der Waals surface area contributed by atoms with E-state index < -0.39 is 0 Å². The first-order valence-electron chi connectivity index (χ1n) is 8.80. The van der Waals surface area contributed by atoms with Gasteiger partial charge in [0.2, 0.25) is 0 Å². The first-order chi connectivity index (χ1) is 11.3. The number of likely N-dealkylation sites (tertiary alicyclic amines) is 1. The zero-order chi connectivity index (χ0) is 15.9. The van der Waals surface area contributed by atoms with Gasteiger partial charge in [0.1, 0.15) is 12.4 Å². The smallest absolute Gasteiger partial charge is 0.119 e. The highest BCUT2D eigenvalue weighted by Gasteiger charge is 2.17. The largest absolute Gasteiger partial charge is 0.492 e. The van der Waals surface area contributed by atoms with Crippen LogP contribution in [0.1, 0.15) is 24.8 Å². The summed E-state index contributed by atoms with van der Waals surface area (Å²) >= 11 is 0. The van der Waals surface area contributed by atoms with Gasteiger partial charge in [-0.15, -0.1) is 0 Å². The Bertz CT molecular complexity index is 495. The molecule has 4 heteroatoms. The van der Waals surface area contributed by atoms with Gasteiger partial charge in [-0.1, -0.05) is 24.3 Å². The summed E-state index contributed by atoms with van der Waals surface area (Å²) in [5.74, 6) is 1.27. The molecule has 23 heavy (non-hydrogen) atoms.